The highest BCUT2D eigenvalue weighted by Gasteiger charge is 2.20. The van der Waals surface area contributed by atoms with Crippen LogP contribution in [0.25, 0.3) is 21.9 Å². The molecular formula is C15H10N4O3S. The summed E-state index contributed by atoms with van der Waals surface area (Å²) < 4.78 is 32.2. The average molecular weight is 326 g/mol. The second-order valence-electron chi connectivity index (χ2n) is 4.88. The molecule has 0 fully saturated rings. The summed E-state index contributed by atoms with van der Waals surface area (Å²) in [5.74, 6) is 0.233. The number of hydrogen-bond donors (Lipinski definition) is 1. The molecule has 0 amide bonds. The first kappa shape index (κ1) is 13.6. The van der Waals surface area contributed by atoms with Crippen LogP contribution in [0.4, 0.5) is 5.82 Å². The lowest BCUT2D eigenvalue weighted by molar-refractivity contribution is 0.315. The molecule has 23 heavy (non-hydrogen) atoms. The van der Waals surface area contributed by atoms with Crippen LogP contribution >= 0.6 is 0 Å². The van der Waals surface area contributed by atoms with E-state index < -0.39 is 10.0 Å². The van der Waals surface area contributed by atoms with E-state index in [1.807, 2.05) is 24.3 Å². The van der Waals surface area contributed by atoms with Crippen LogP contribution in [0.15, 0.2) is 64.1 Å². The highest BCUT2D eigenvalue weighted by Crippen LogP contribution is 2.23. The Kier molecular flexibility index (Phi) is 2.98. The fourth-order valence-corrected chi connectivity index (χ4v) is 3.47. The number of fused-ring (bicyclic) bond motifs is 2. The van der Waals surface area contributed by atoms with Crippen molar-refractivity contribution in [3.8, 4) is 0 Å². The summed E-state index contributed by atoms with van der Waals surface area (Å²) in [6, 6.07) is 15.5. The summed E-state index contributed by atoms with van der Waals surface area (Å²) in [6.07, 6.45) is 0. The molecule has 0 saturated heterocycles. The van der Waals surface area contributed by atoms with Crippen molar-refractivity contribution >= 4 is 37.8 Å². The summed E-state index contributed by atoms with van der Waals surface area (Å²) in [6.45, 7) is 0. The Morgan fingerprint density at radius 3 is 2.61 bits per heavy atom. The van der Waals surface area contributed by atoms with E-state index in [4.69, 9.17) is 0 Å². The number of hydrogen-bond acceptors (Lipinski definition) is 6. The first-order chi connectivity index (χ1) is 11.1. The molecule has 0 radical (unpaired) electrons. The van der Waals surface area contributed by atoms with E-state index in [9.17, 15) is 8.42 Å². The molecule has 4 aromatic rings. The molecule has 0 aliphatic heterocycles. The molecule has 2 aromatic heterocycles. The van der Waals surface area contributed by atoms with E-state index in [-0.39, 0.29) is 16.2 Å². The number of pyridine rings is 1. The first-order valence-electron chi connectivity index (χ1n) is 6.73. The number of benzene rings is 2. The van der Waals surface area contributed by atoms with Crippen LogP contribution in [0.3, 0.4) is 0 Å². The standard InChI is InChI=1S/C15H10N4O3S/c20-23(21,13-7-3-6-12-15(13)18-22-17-12)19-14-9-8-10-4-1-2-5-11(10)16-14/h1-9H,(H,16,19). The Hall–Kier alpha value is -3.00. The van der Waals surface area contributed by atoms with Gasteiger partial charge in [-0.1, -0.05) is 24.3 Å². The Balaban J connectivity index is 1.78. The molecule has 0 aliphatic rings. The molecule has 7 nitrogen and oxygen atoms in total. The maximum Gasteiger partial charge on any atom is 0.265 e. The summed E-state index contributed by atoms with van der Waals surface area (Å²) in [7, 11) is -3.85. The van der Waals surface area contributed by atoms with E-state index in [1.54, 1.807) is 24.3 Å². The fraction of sp³-hybridized carbons (Fsp3) is 0. The molecule has 1 N–H and O–H groups in total. The van der Waals surface area contributed by atoms with Gasteiger partial charge in [-0.15, -0.1) is 0 Å². The monoisotopic (exact) mass is 326 g/mol. The summed E-state index contributed by atoms with van der Waals surface area (Å²) in [5.41, 5.74) is 1.26. The first-order valence-corrected chi connectivity index (χ1v) is 8.22. The minimum atomic E-state index is -3.85. The molecule has 0 unspecified atom stereocenters. The molecule has 0 atom stereocenters. The second-order valence-corrected chi connectivity index (χ2v) is 6.53. The molecule has 8 heteroatoms. The van der Waals surface area contributed by atoms with Crippen molar-refractivity contribution in [2.24, 2.45) is 0 Å². The third-order valence-corrected chi connectivity index (χ3v) is 4.76. The van der Waals surface area contributed by atoms with Gasteiger partial charge in [-0.25, -0.2) is 18.0 Å². The third kappa shape index (κ3) is 2.38. The Labute approximate surface area is 131 Å². The van der Waals surface area contributed by atoms with Crippen LogP contribution in [0.5, 0.6) is 0 Å². The van der Waals surface area contributed by atoms with Crippen LogP contribution in [0.2, 0.25) is 0 Å². The van der Waals surface area contributed by atoms with Gasteiger partial charge in [-0.3, -0.25) is 4.72 Å². The highest BCUT2D eigenvalue weighted by atomic mass is 32.2. The van der Waals surface area contributed by atoms with Crippen LogP contribution in [0, 0.1) is 0 Å². The topological polar surface area (TPSA) is 98.0 Å². The lowest BCUT2D eigenvalue weighted by Gasteiger charge is -2.08. The van der Waals surface area contributed by atoms with Crippen molar-refractivity contribution in [1.29, 1.82) is 0 Å². The van der Waals surface area contributed by atoms with Gasteiger partial charge < -0.3 is 0 Å². The van der Waals surface area contributed by atoms with E-state index in [0.29, 0.717) is 11.0 Å². The van der Waals surface area contributed by atoms with Crippen molar-refractivity contribution in [1.82, 2.24) is 15.3 Å². The van der Waals surface area contributed by atoms with Gasteiger partial charge in [-0.2, -0.15) is 0 Å². The zero-order valence-corrected chi connectivity index (χ0v) is 12.5. The maximum absolute atomic E-state index is 12.6. The lowest BCUT2D eigenvalue weighted by Crippen LogP contribution is -2.14. The molecule has 2 aromatic carbocycles. The maximum atomic E-state index is 12.6. The number of rotatable bonds is 3. The van der Waals surface area contributed by atoms with E-state index >= 15 is 0 Å². The van der Waals surface area contributed by atoms with Gasteiger partial charge >= 0.3 is 0 Å². The minimum Gasteiger partial charge on any atom is -0.263 e. The summed E-state index contributed by atoms with van der Waals surface area (Å²) in [5, 5.41) is 8.23. The van der Waals surface area contributed by atoms with Gasteiger partial charge in [0.15, 0.2) is 5.52 Å². The number of anilines is 1. The molecule has 0 bridgehead atoms. The Bertz CT molecular complexity index is 1120. The van der Waals surface area contributed by atoms with E-state index in [0.717, 1.165) is 5.39 Å². The number of para-hydroxylation sites is 1. The van der Waals surface area contributed by atoms with Crippen LogP contribution in [0.1, 0.15) is 0 Å². The normalized spacial score (nSPS) is 11.8. The summed E-state index contributed by atoms with van der Waals surface area (Å²) in [4.78, 5) is 4.30. The number of nitrogens with zero attached hydrogens (tertiary/aromatic N) is 3. The SMILES string of the molecule is O=S(=O)(Nc1ccc2ccccc2n1)c1cccc2nonc12. The fourth-order valence-electron chi connectivity index (χ4n) is 2.31. The van der Waals surface area contributed by atoms with Crippen LogP contribution in [-0.4, -0.2) is 23.7 Å². The van der Waals surface area contributed by atoms with Crippen LogP contribution in [-0.2, 0) is 10.0 Å². The largest absolute Gasteiger partial charge is 0.265 e. The smallest absolute Gasteiger partial charge is 0.263 e. The van der Waals surface area contributed by atoms with Gasteiger partial charge in [0.25, 0.3) is 10.0 Å². The number of aromatic nitrogens is 3. The predicted octanol–water partition coefficient (Wildman–Crippen LogP) is 2.57. The van der Waals surface area contributed by atoms with Gasteiger partial charge in [0.1, 0.15) is 16.2 Å². The number of nitrogens with one attached hydrogen (secondary N) is 1. The molecule has 0 spiro atoms. The second kappa shape index (κ2) is 5.03. The van der Waals surface area contributed by atoms with Gasteiger partial charge in [0.2, 0.25) is 0 Å². The van der Waals surface area contributed by atoms with E-state index in [1.165, 1.54) is 6.07 Å². The molecule has 4 rings (SSSR count). The van der Waals surface area contributed by atoms with E-state index in [2.05, 4.69) is 24.6 Å². The van der Waals surface area contributed by atoms with Crippen molar-refractivity contribution in [2.45, 2.75) is 4.90 Å². The van der Waals surface area contributed by atoms with Crippen molar-refractivity contribution in [3.63, 3.8) is 0 Å². The summed E-state index contributed by atoms with van der Waals surface area (Å²) >= 11 is 0. The van der Waals surface area contributed by atoms with Gasteiger partial charge in [0, 0.05) is 5.39 Å². The number of sulfonamides is 1. The minimum absolute atomic E-state index is 0.00814. The third-order valence-electron chi connectivity index (χ3n) is 3.38. The average Bonchev–Trinajstić information content (AvgIpc) is 3.02. The van der Waals surface area contributed by atoms with Crippen molar-refractivity contribution in [2.75, 3.05) is 4.72 Å². The predicted molar refractivity (Wildman–Crippen MR) is 84.4 cm³/mol. The van der Waals surface area contributed by atoms with Gasteiger partial charge in [-0.05, 0) is 40.6 Å². The van der Waals surface area contributed by atoms with Gasteiger partial charge in [0.05, 0.1) is 5.52 Å². The molecule has 114 valence electrons. The zero-order chi connectivity index (χ0) is 15.9. The molecular weight excluding hydrogens is 316 g/mol. The highest BCUT2D eigenvalue weighted by molar-refractivity contribution is 7.93. The van der Waals surface area contributed by atoms with Crippen molar-refractivity contribution in [3.05, 3.63) is 54.6 Å². The quantitative estimate of drug-likeness (QED) is 0.621. The Morgan fingerprint density at radius 2 is 1.70 bits per heavy atom. The molecule has 2 heterocycles. The lowest BCUT2D eigenvalue weighted by atomic mass is 10.2. The Morgan fingerprint density at radius 1 is 0.870 bits per heavy atom. The van der Waals surface area contributed by atoms with Crippen LogP contribution < -0.4 is 4.72 Å². The molecule has 0 saturated carbocycles. The zero-order valence-electron chi connectivity index (χ0n) is 11.7. The molecule has 0 aliphatic carbocycles. The van der Waals surface area contributed by atoms with Crippen molar-refractivity contribution < 1.29 is 13.0 Å².